The van der Waals surface area contributed by atoms with Gasteiger partial charge in [-0.2, -0.15) is 0 Å². The molecule has 0 radical (unpaired) electrons. The van der Waals surface area contributed by atoms with Crippen molar-refractivity contribution in [3.63, 3.8) is 0 Å². The van der Waals surface area contributed by atoms with Gasteiger partial charge in [0.05, 0.1) is 24.8 Å². The highest BCUT2D eigenvalue weighted by atomic mass is 35.5. The van der Waals surface area contributed by atoms with Crippen LogP contribution in [0, 0.1) is 0 Å². The molecule has 1 atom stereocenters. The van der Waals surface area contributed by atoms with Crippen LogP contribution in [0.2, 0.25) is 0 Å². The van der Waals surface area contributed by atoms with Crippen LogP contribution in [-0.4, -0.2) is 41.7 Å². The predicted molar refractivity (Wildman–Crippen MR) is 85.9 cm³/mol. The Kier molecular flexibility index (Phi) is 5.91. The molecule has 1 amide bonds. The van der Waals surface area contributed by atoms with Crippen molar-refractivity contribution in [2.45, 2.75) is 18.9 Å². The number of halogens is 2. The fourth-order valence-corrected chi connectivity index (χ4v) is 2.63. The Morgan fingerprint density at radius 2 is 2.24 bits per heavy atom. The Bertz CT molecular complexity index is 534. The van der Waals surface area contributed by atoms with E-state index in [4.69, 9.17) is 23.2 Å². The van der Waals surface area contributed by atoms with Gasteiger partial charge in [0.2, 0.25) is 0 Å². The molecule has 0 bridgehead atoms. The van der Waals surface area contributed by atoms with E-state index in [1.54, 1.807) is 11.0 Å². The fourth-order valence-electron chi connectivity index (χ4n) is 2.49. The molecule has 1 aromatic carbocycles. The third-order valence-electron chi connectivity index (χ3n) is 3.57. The molecule has 0 spiro atoms. The molecule has 114 valence electrons. The number of aliphatic hydroxyl groups is 1. The Labute approximate surface area is 134 Å². The lowest BCUT2D eigenvalue weighted by molar-refractivity contribution is 0.0678. The topological polar surface area (TPSA) is 52.6 Å². The lowest BCUT2D eigenvalue weighted by Gasteiger charge is -2.24. The number of likely N-dealkylation sites (tertiary alicyclic amines) is 1. The van der Waals surface area contributed by atoms with Crippen molar-refractivity contribution >= 4 is 34.8 Å². The highest BCUT2D eigenvalue weighted by Crippen LogP contribution is 2.24. The highest BCUT2D eigenvalue weighted by molar-refractivity contribution is 6.36. The number of hydrogen-bond acceptors (Lipinski definition) is 3. The van der Waals surface area contributed by atoms with Crippen molar-refractivity contribution in [3.05, 3.63) is 40.4 Å². The van der Waals surface area contributed by atoms with E-state index in [-0.39, 0.29) is 18.6 Å². The maximum atomic E-state index is 12.7. The zero-order valence-corrected chi connectivity index (χ0v) is 13.1. The van der Waals surface area contributed by atoms with E-state index in [0.29, 0.717) is 29.4 Å². The summed E-state index contributed by atoms with van der Waals surface area (Å²) < 4.78 is 0. The van der Waals surface area contributed by atoms with Crippen molar-refractivity contribution in [1.82, 2.24) is 4.90 Å². The van der Waals surface area contributed by atoms with Crippen molar-refractivity contribution in [3.8, 4) is 0 Å². The summed E-state index contributed by atoms with van der Waals surface area (Å²) in [4.78, 5) is 14.4. The molecule has 1 unspecified atom stereocenters. The van der Waals surface area contributed by atoms with Crippen LogP contribution in [0.25, 0.3) is 0 Å². The summed E-state index contributed by atoms with van der Waals surface area (Å²) in [6, 6.07) is 7.19. The van der Waals surface area contributed by atoms with E-state index in [0.717, 1.165) is 12.8 Å². The zero-order chi connectivity index (χ0) is 15.2. The number of anilines is 1. The minimum Gasteiger partial charge on any atom is -0.394 e. The second-order valence-corrected chi connectivity index (χ2v) is 5.64. The third kappa shape index (κ3) is 3.90. The number of para-hydroxylation sites is 1. The largest absolute Gasteiger partial charge is 0.394 e. The zero-order valence-electron chi connectivity index (χ0n) is 11.6. The molecule has 1 heterocycles. The Hall–Kier alpha value is -1.23. The van der Waals surface area contributed by atoms with Crippen LogP contribution in [0.15, 0.2) is 34.8 Å². The number of nitrogens with zero attached hydrogens (tertiary/aromatic N) is 1. The SMILES string of the molecule is O=C(c1ccccc1NC/C(Cl)=C/Cl)N1CCCC1CO. The van der Waals surface area contributed by atoms with Gasteiger partial charge >= 0.3 is 0 Å². The molecule has 4 nitrogen and oxygen atoms in total. The molecule has 1 saturated heterocycles. The van der Waals surface area contributed by atoms with Crippen LogP contribution < -0.4 is 5.32 Å². The molecule has 2 rings (SSSR count). The first-order valence-corrected chi connectivity index (χ1v) is 7.68. The quantitative estimate of drug-likeness (QED) is 0.873. The lowest BCUT2D eigenvalue weighted by Crippen LogP contribution is -2.37. The molecule has 1 fully saturated rings. The standard InChI is InChI=1S/C15H18Cl2N2O2/c16-8-11(17)9-18-14-6-2-1-5-13(14)15(21)19-7-3-4-12(19)10-20/h1-2,5-6,8,12,18,20H,3-4,7,9-10H2/b11-8-. The van der Waals surface area contributed by atoms with Crippen molar-refractivity contribution in [2.24, 2.45) is 0 Å². The van der Waals surface area contributed by atoms with Crippen molar-refractivity contribution in [1.29, 1.82) is 0 Å². The molecular weight excluding hydrogens is 311 g/mol. The maximum absolute atomic E-state index is 12.7. The number of nitrogens with one attached hydrogen (secondary N) is 1. The van der Waals surface area contributed by atoms with E-state index in [1.807, 2.05) is 18.2 Å². The van der Waals surface area contributed by atoms with Crippen molar-refractivity contribution in [2.75, 3.05) is 25.0 Å². The van der Waals surface area contributed by atoms with Crippen LogP contribution >= 0.6 is 23.2 Å². The Morgan fingerprint density at radius 1 is 1.48 bits per heavy atom. The average molecular weight is 329 g/mol. The van der Waals surface area contributed by atoms with Crippen molar-refractivity contribution < 1.29 is 9.90 Å². The van der Waals surface area contributed by atoms with E-state index in [1.165, 1.54) is 5.54 Å². The van der Waals surface area contributed by atoms with E-state index in [9.17, 15) is 9.90 Å². The second kappa shape index (κ2) is 7.69. The number of rotatable bonds is 5. The molecule has 0 aliphatic carbocycles. The molecule has 1 aliphatic rings. The summed E-state index contributed by atoms with van der Waals surface area (Å²) in [6.07, 6.45) is 1.77. The molecule has 0 saturated carbocycles. The van der Waals surface area contributed by atoms with Crippen LogP contribution in [0.1, 0.15) is 23.2 Å². The summed E-state index contributed by atoms with van der Waals surface area (Å²) in [5.74, 6) is -0.0689. The smallest absolute Gasteiger partial charge is 0.256 e. The molecule has 1 aliphatic heterocycles. The van der Waals surface area contributed by atoms with E-state index < -0.39 is 0 Å². The van der Waals surface area contributed by atoms with Gasteiger partial charge in [-0.15, -0.1) is 0 Å². The number of carbonyl (C=O) groups excluding carboxylic acids is 1. The Morgan fingerprint density at radius 3 is 2.95 bits per heavy atom. The highest BCUT2D eigenvalue weighted by Gasteiger charge is 2.29. The van der Waals surface area contributed by atoms with Gasteiger partial charge in [-0.25, -0.2) is 0 Å². The van der Waals surface area contributed by atoms with Crippen LogP contribution in [-0.2, 0) is 0 Å². The number of amides is 1. The van der Waals surface area contributed by atoms with E-state index in [2.05, 4.69) is 5.32 Å². The van der Waals surface area contributed by atoms with Crippen LogP contribution in [0.3, 0.4) is 0 Å². The lowest BCUT2D eigenvalue weighted by atomic mass is 10.1. The number of carbonyl (C=O) groups is 1. The fraction of sp³-hybridized carbons (Fsp3) is 0.400. The molecule has 1 aromatic rings. The number of aliphatic hydroxyl groups excluding tert-OH is 1. The minimum atomic E-state index is -0.0862. The summed E-state index contributed by atoms with van der Waals surface area (Å²) >= 11 is 11.4. The second-order valence-electron chi connectivity index (χ2n) is 4.93. The van der Waals surface area contributed by atoms with E-state index >= 15 is 0 Å². The molecule has 0 aromatic heterocycles. The first-order valence-electron chi connectivity index (χ1n) is 6.87. The molecular formula is C15H18Cl2N2O2. The van der Waals surface area contributed by atoms with Crippen LogP contribution in [0.5, 0.6) is 0 Å². The van der Waals surface area contributed by atoms with Gasteiger partial charge in [0, 0.05) is 22.8 Å². The van der Waals surface area contributed by atoms with Crippen LogP contribution in [0.4, 0.5) is 5.69 Å². The first kappa shape index (κ1) is 16.1. The molecule has 6 heteroatoms. The van der Waals surface area contributed by atoms with Gasteiger partial charge in [-0.3, -0.25) is 4.79 Å². The number of benzene rings is 1. The third-order valence-corrected chi connectivity index (χ3v) is 4.19. The van der Waals surface area contributed by atoms with Gasteiger partial charge < -0.3 is 15.3 Å². The predicted octanol–water partition coefficient (Wildman–Crippen LogP) is 3.01. The van der Waals surface area contributed by atoms with Gasteiger partial charge in [-0.05, 0) is 25.0 Å². The summed E-state index contributed by atoms with van der Waals surface area (Å²) in [7, 11) is 0. The molecule has 2 N–H and O–H groups in total. The summed E-state index contributed by atoms with van der Waals surface area (Å²) in [5, 5.41) is 12.9. The first-order chi connectivity index (χ1) is 10.2. The van der Waals surface area contributed by atoms with Gasteiger partial charge in [0.25, 0.3) is 5.91 Å². The summed E-state index contributed by atoms with van der Waals surface area (Å²) in [6.45, 7) is 1.04. The van der Waals surface area contributed by atoms with Gasteiger partial charge in [0.15, 0.2) is 0 Å². The van der Waals surface area contributed by atoms with Gasteiger partial charge in [-0.1, -0.05) is 35.3 Å². The maximum Gasteiger partial charge on any atom is 0.256 e. The van der Waals surface area contributed by atoms with Gasteiger partial charge in [0.1, 0.15) is 0 Å². The monoisotopic (exact) mass is 328 g/mol. The molecule has 21 heavy (non-hydrogen) atoms. The number of hydrogen-bond donors (Lipinski definition) is 2. The minimum absolute atomic E-state index is 0.00213. The Balaban J connectivity index is 2.17. The average Bonchev–Trinajstić information content (AvgIpc) is 3.00. The summed E-state index contributed by atoms with van der Waals surface area (Å²) in [5.41, 5.74) is 2.58. The normalized spacial score (nSPS) is 18.9.